The molecule has 3 rings (SSSR count). The van der Waals surface area contributed by atoms with E-state index in [0.717, 1.165) is 54.0 Å². The highest BCUT2D eigenvalue weighted by Crippen LogP contribution is 2.31. The average molecular weight is 335 g/mol. The second kappa shape index (κ2) is 7.12. The highest BCUT2D eigenvalue weighted by Gasteiger charge is 2.19. The van der Waals surface area contributed by atoms with Crippen LogP contribution < -0.4 is 5.32 Å². The Bertz CT molecular complexity index is 946. The summed E-state index contributed by atoms with van der Waals surface area (Å²) >= 11 is 0. The van der Waals surface area contributed by atoms with E-state index in [1.807, 2.05) is 25.1 Å². The lowest BCUT2D eigenvalue weighted by atomic mass is 10.0. The molecule has 5 heteroatoms. The quantitative estimate of drug-likeness (QED) is 0.699. The lowest BCUT2D eigenvalue weighted by molar-refractivity contribution is 0.405. The van der Waals surface area contributed by atoms with Crippen molar-refractivity contribution in [3.8, 4) is 6.07 Å². The van der Waals surface area contributed by atoms with Gasteiger partial charge in [0.05, 0.1) is 16.6 Å². The Morgan fingerprint density at radius 1 is 1.28 bits per heavy atom. The van der Waals surface area contributed by atoms with Crippen LogP contribution in [0.5, 0.6) is 0 Å². The highest BCUT2D eigenvalue weighted by molar-refractivity contribution is 5.86. The Morgan fingerprint density at radius 2 is 2.04 bits per heavy atom. The second-order valence-electron chi connectivity index (χ2n) is 6.64. The number of fused-ring (bicyclic) bond motifs is 3. The highest BCUT2D eigenvalue weighted by atomic mass is 15.1. The Labute approximate surface area is 148 Å². The summed E-state index contributed by atoms with van der Waals surface area (Å²) in [6.45, 7) is 6.09. The van der Waals surface area contributed by atoms with Crippen molar-refractivity contribution in [1.82, 2.24) is 14.3 Å². The fourth-order valence-corrected chi connectivity index (χ4v) is 3.41. The largest absolute Gasteiger partial charge is 0.371 e. The van der Waals surface area contributed by atoms with E-state index in [9.17, 15) is 5.26 Å². The molecule has 5 nitrogen and oxygen atoms in total. The summed E-state index contributed by atoms with van der Waals surface area (Å²) in [5.74, 6) is 1.07. The van der Waals surface area contributed by atoms with Gasteiger partial charge in [0.2, 0.25) is 0 Å². The van der Waals surface area contributed by atoms with Gasteiger partial charge < -0.3 is 10.2 Å². The van der Waals surface area contributed by atoms with Crippen molar-refractivity contribution in [2.45, 2.75) is 26.7 Å². The molecule has 0 radical (unpaired) electrons. The summed E-state index contributed by atoms with van der Waals surface area (Å²) < 4.78 is 2.12. The number of anilines is 1. The Kier molecular flexibility index (Phi) is 4.91. The zero-order valence-corrected chi connectivity index (χ0v) is 15.4. The zero-order chi connectivity index (χ0) is 18.0. The molecule has 1 N–H and O–H groups in total. The molecule has 0 atom stereocenters. The minimum Gasteiger partial charge on any atom is -0.371 e. The lowest BCUT2D eigenvalue weighted by Gasteiger charge is -2.18. The number of hydrogen-bond donors (Lipinski definition) is 1. The number of para-hydroxylation sites is 2. The van der Waals surface area contributed by atoms with Crippen molar-refractivity contribution in [1.29, 1.82) is 5.26 Å². The van der Waals surface area contributed by atoms with Gasteiger partial charge in [-0.1, -0.05) is 19.1 Å². The predicted octanol–water partition coefficient (Wildman–Crippen LogP) is 3.59. The molecule has 2 aromatic heterocycles. The minimum atomic E-state index is 0.673. The van der Waals surface area contributed by atoms with Gasteiger partial charge >= 0.3 is 0 Å². The van der Waals surface area contributed by atoms with Crippen LogP contribution in [-0.2, 0) is 6.42 Å². The standard InChI is InChI=1S/C20H25N5/c1-5-15-14(2)16(13-21)20-23-17-9-6-7-10-18(17)25(20)19(15)22-11-8-12-24(3)4/h6-7,9-10,22H,5,8,11-12H2,1-4H3. The van der Waals surface area contributed by atoms with Gasteiger partial charge in [-0.2, -0.15) is 5.26 Å². The lowest BCUT2D eigenvalue weighted by Crippen LogP contribution is -2.18. The third-order valence-corrected chi connectivity index (χ3v) is 4.66. The number of aromatic nitrogens is 2. The normalized spacial score (nSPS) is 11.4. The molecule has 0 unspecified atom stereocenters. The van der Waals surface area contributed by atoms with E-state index in [1.54, 1.807) is 0 Å². The van der Waals surface area contributed by atoms with Crippen LogP contribution in [0.15, 0.2) is 24.3 Å². The van der Waals surface area contributed by atoms with Crippen LogP contribution in [0.2, 0.25) is 0 Å². The fraction of sp³-hybridized carbons (Fsp3) is 0.400. The summed E-state index contributed by atoms with van der Waals surface area (Å²) in [6, 6.07) is 10.4. The number of benzene rings is 1. The van der Waals surface area contributed by atoms with Crippen LogP contribution in [0.3, 0.4) is 0 Å². The van der Waals surface area contributed by atoms with E-state index >= 15 is 0 Å². The van der Waals surface area contributed by atoms with E-state index < -0.39 is 0 Å². The first-order chi connectivity index (χ1) is 12.1. The molecule has 0 spiro atoms. The molecule has 3 aromatic rings. The predicted molar refractivity (Wildman–Crippen MR) is 103 cm³/mol. The number of nitriles is 1. The number of imidazole rings is 1. The van der Waals surface area contributed by atoms with Crippen molar-refractivity contribution in [2.24, 2.45) is 0 Å². The number of nitrogens with one attached hydrogen (secondary N) is 1. The summed E-state index contributed by atoms with van der Waals surface area (Å²) in [5, 5.41) is 13.3. The molecule has 0 saturated carbocycles. The van der Waals surface area contributed by atoms with Gasteiger partial charge in [-0.3, -0.25) is 4.40 Å². The molecule has 130 valence electrons. The smallest absolute Gasteiger partial charge is 0.157 e. The number of hydrogen-bond acceptors (Lipinski definition) is 4. The molecule has 25 heavy (non-hydrogen) atoms. The van der Waals surface area contributed by atoms with Crippen molar-refractivity contribution in [3.63, 3.8) is 0 Å². The zero-order valence-electron chi connectivity index (χ0n) is 15.4. The fourth-order valence-electron chi connectivity index (χ4n) is 3.41. The van der Waals surface area contributed by atoms with Crippen LogP contribution in [0.1, 0.15) is 30.0 Å². The number of pyridine rings is 1. The molecule has 2 heterocycles. The molecule has 0 aliphatic heterocycles. The van der Waals surface area contributed by atoms with Gasteiger partial charge in [-0.25, -0.2) is 4.98 Å². The SMILES string of the molecule is CCc1c(C)c(C#N)c2nc3ccccc3n2c1NCCCN(C)C. The van der Waals surface area contributed by atoms with E-state index in [2.05, 4.69) is 47.8 Å². The third kappa shape index (κ3) is 3.06. The van der Waals surface area contributed by atoms with Gasteiger partial charge in [0.15, 0.2) is 5.65 Å². The molecule has 0 amide bonds. The summed E-state index contributed by atoms with van der Waals surface area (Å²) in [7, 11) is 4.18. The molecular formula is C20H25N5. The first-order valence-corrected chi connectivity index (χ1v) is 8.79. The van der Waals surface area contributed by atoms with E-state index in [-0.39, 0.29) is 0 Å². The summed E-state index contributed by atoms with van der Waals surface area (Å²) in [6.07, 6.45) is 1.93. The van der Waals surface area contributed by atoms with Crippen molar-refractivity contribution in [3.05, 3.63) is 41.0 Å². The monoisotopic (exact) mass is 335 g/mol. The van der Waals surface area contributed by atoms with Gasteiger partial charge in [-0.15, -0.1) is 0 Å². The van der Waals surface area contributed by atoms with E-state index in [1.165, 1.54) is 5.56 Å². The van der Waals surface area contributed by atoms with Crippen LogP contribution in [0.25, 0.3) is 16.7 Å². The van der Waals surface area contributed by atoms with Crippen LogP contribution in [-0.4, -0.2) is 41.5 Å². The Balaban J connectivity index is 2.20. The molecule has 0 fully saturated rings. The first-order valence-electron chi connectivity index (χ1n) is 8.79. The molecule has 0 aliphatic rings. The van der Waals surface area contributed by atoms with E-state index in [4.69, 9.17) is 4.98 Å². The average Bonchev–Trinajstić information content (AvgIpc) is 2.97. The van der Waals surface area contributed by atoms with Gasteiger partial charge in [0, 0.05) is 6.54 Å². The topological polar surface area (TPSA) is 56.4 Å². The molecular weight excluding hydrogens is 310 g/mol. The Morgan fingerprint density at radius 3 is 2.72 bits per heavy atom. The molecule has 0 bridgehead atoms. The minimum absolute atomic E-state index is 0.673. The maximum atomic E-state index is 9.70. The molecule has 0 saturated heterocycles. The van der Waals surface area contributed by atoms with Gasteiger partial charge in [0.25, 0.3) is 0 Å². The van der Waals surface area contributed by atoms with Crippen molar-refractivity contribution >= 4 is 22.5 Å². The number of nitrogens with zero attached hydrogens (tertiary/aromatic N) is 4. The molecule has 0 aliphatic carbocycles. The van der Waals surface area contributed by atoms with Crippen LogP contribution >= 0.6 is 0 Å². The molecule has 1 aromatic carbocycles. The second-order valence-corrected chi connectivity index (χ2v) is 6.64. The van der Waals surface area contributed by atoms with Crippen molar-refractivity contribution < 1.29 is 0 Å². The maximum absolute atomic E-state index is 9.70. The maximum Gasteiger partial charge on any atom is 0.157 e. The third-order valence-electron chi connectivity index (χ3n) is 4.66. The van der Waals surface area contributed by atoms with E-state index in [0.29, 0.717) is 5.56 Å². The van der Waals surface area contributed by atoms with Gasteiger partial charge in [-0.05, 0) is 63.7 Å². The van der Waals surface area contributed by atoms with Crippen molar-refractivity contribution in [2.75, 3.05) is 32.5 Å². The van der Waals surface area contributed by atoms with Gasteiger partial charge in [0.1, 0.15) is 11.9 Å². The summed E-state index contributed by atoms with van der Waals surface area (Å²) in [4.78, 5) is 6.92. The first kappa shape index (κ1) is 17.2. The Hall–Kier alpha value is -2.58. The van der Waals surface area contributed by atoms with Crippen LogP contribution in [0.4, 0.5) is 5.82 Å². The summed E-state index contributed by atoms with van der Waals surface area (Å²) in [5.41, 5.74) is 5.60. The number of rotatable bonds is 6. The van der Waals surface area contributed by atoms with Crippen LogP contribution in [0, 0.1) is 18.3 Å².